The average molecular weight is 615 g/mol. The monoisotopic (exact) mass is 611 g/mol. The van der Waals surface area contributed by atoms with Gasteiger partial charge in [0, 0.05) is 4.47 Å². The SMILES string of the molecule is CC(C)c1cc(Br)cc(C(C)C)c1[N-][Si](C)(C)C1C(C)C(C)C(C)C1C.[CH3-].[Cl][Zr+2][Cl]. The number of halogens is 3. The van der Waals surface area contributed by atoms with Gasteiger partial charge in [-0.15, -0.1) is 5.69 Å². The van der Waals surface area contributed by atoms with Crippen molar-refractivity contribution in [2.24, 2.45) is 23.7 Å². The predicted octanol–water partition coefficient (Wildman–Crippen LogP) is 10.7. The van der Waals surface area contributed by atoms with Gasteiger partial charge in [-0.25, -0.2) is 0 Å². The third-order valence-electron chi connectivity index (χ3n) is 7.21. The molecule has 1 nitrogen and oxygen atoms in total. The Morgan fingerprint density at radius 2 is 1.20 bits per heavy atom. The van der Waals surface area contributed by atoms with Crippen molar-refractivity contribution in [2.75, 3.05) is 0 Å². The summed E-state index contributed by atoms with van der Waals surface area (Å²) >= 11 is 2.91. The van der Waals surface area contributed by atoms with E-state index in [9.17, 15) is 0 Å². The standard InChI is InChI=1S/C23H39BrNSi.CH3.2ClH.Zr/c1-13(2)20-11-19(24)12-21(14(3)4)22(20)25-26(9,10)23-17(7)15(5)16(6)18(23)8;;;;/h11-18,23H,1-10H3;1H3;2*1H;/q2*-1;;;+4/p-2. The van der Waals surface area contributed by atoms with E-state index in [1.807, 2.05) is 0 Å². The quantitative estimate of drug-likeness (QED) is 0.231. The summed E-state index contributed by atoms with van der Waals surface area (Å²) in [5, 5.41) is 0. The Bertz CT molecular complexity index is 626. The molecule has 1 aliphatic carbocycles. The van der Waals surface area contributed by atoms with E-state index in [-0.39, 0.29) is 7.43 Å². The third kappa shape index (κ3) is 7.34. The van der Waals surface area contributed by atoms with Crippen LogP contribution in [0.3, 0.4) is 0 Å². The first-order chi connectivity index (χ1) is 13.3. The van der Waals surface area contributed by atoms with Gasteiger partial charge in [-0.1, -0.05) is 101 Å². The summed E-state index contributed by atoms with van der Waals surface area (Å²) in [7, 11) is 8.08. The van der Waals surface area contributed by atoms with Crippen LogP contribution in [0.2, 0.25) is 18.6 Å². The van der Waals surface area contributed by atoms with Crippen molar-refractivity contribution in [3.63, 3.8) is 0 Å². The van der Waals surface area contributed by atoms with E-state index in [1.165, 1.54) is 21.3 Å². The third-order valence-corrected chi connectivity index (χ3v) is 11.2. The molecule has 0 aromatic heterocycles. The summed E-state index contributed by atoms with van der Waals surface area (Å²) in [5.74, 6) is 4.12. The molecule has 1 aromatic rings. The Morgan fingerprint density at radius 3 is 1.50 bits per heavy atom. The second-order valence-corrected chi connectivity index (χ2v) is 18.9. The number of rotatable bonds is 5. The van der Waals surface area contributed by atoms with E-state index in [4.69, 9.17) is 22.0 Å². The Morgan fingerprint density at radius 1 is 0.867 bits per heavy atom. The van der Waals surface area contributed by atoms with Gasteiger partial charge in [0.15, 0.2) is 0 Å². The van der Waals surface area contributed by atoms with Crippen LogP contribution in [-0.2, 0) is 20.8 Å². The number of hydrogen-bond acceptors (Lipinski definition) is 0. The fourth-order valence-corrected chi connectivity index (χ4v) is 10.0. The molecule has 1 saturated carbocycles. The van der Waals surface area contributed by atoms with Gasteiger partial charge in [0.05, 0.1) is 0 Å². The molecule has 0 spiro atoms. The van der Waals surface area contributed by atoms with Crippen LogP contribution in [0.25, 0.3) is 4.98 Å². The van der Waals surface area contributed by atoms with Crippen LogP contribution in [0.1, 0.15) is 78.4 Å². The van der Waals surface area contributed by atoms with Gasteiger partial charge in [0.1, 0.15) is 0 Å². The van der Waals surface area contributed by atoms with E-state index in [0.717, 1.165) is 29.2 Å². The van der Waals surface area contributed by atoms with Gasteiger partial charge >= 0.3 is 37.9 Å². The summed E-state index contributed by atoms with van der Waals surface area (Å²) in [4.78, 5) is 5.64. The first-order valence-electron chi connectivity index (χ1n) is 10.8. The van der Waals surface area contributed by atoms with Crippen LogP contribution in [0.5, 0.6) is 0 Å². The van der Waals surface area contributed by atoms with Crippen molar-refractivity contribution < 1.29 is 20.8 Å². The molecule has 0 bridgehead atoms. The van der Waals surface area contributed by atoms with Crippen molar-refractivity contribution in [3.05, 3.63) is 40.1 Å². The molecular weight excluding hydrogens is 572 g/mol. The molecule has 1 fully saturated rings. The van der Waals surface area contributed by atoms with E-state index < -0.39 is 29.1 Å². The molecule has 0 N–H and O–H groups in total. The van der Waals surface area contributed by atoms with E-state index in [1.54, 1.807) is 0 Å². The maximum absolute atomic E-state index is 5.64. The average Bonchev–Trinajstić information content (AvgIpc) is 2.79. The molecule has 0 aliphatic heterocycles. The van der Waals surface area contributed by atoms with Gasteiger partial charge in [0.2, 0.25) is 0 Å². The molecule has 30 heavy (non-hydrogen) atoms. The molecular formula is C24H42BrCl2NSiZr. The van der Waals surface area contributed by atoms with Crippen LogP contribution < -0.4 is 0 Å². The number of nitrogens with zero attached hydrogens (tertiary/aromatic N) is 1. The second-order valence-electron chi connectivity index (χ2n) is 10.0. The molecule has 4 atom stereocenters. The van der Waals surface area contributed by atoms with Gasteiger partial charge in [0.25, 0.3) is 0 Å². The molecule has 0 saturated heterocycles. The minimum absolute atomic E-state index is 0. The zero-order valence-electron chi connectivity index (χ0n) is 20.8. The van der Waals surface area contributed by atoms with Crippen LogP contribution >= 0.6 is 33.0 Å². The Hall–Kier alpha value is 1.18. The molecule has 0 heterocycles. The Kier molecular flexibility index (Phi) is 13.7. The summed E-state index contributed by atoms with van der Waals surface area (Å²) in [6, 6.07) is 4.60. The van der Waals surface area contributed by atoms with Crippen molar-refractivity contribution in [1.82, 2.24) is 0 Å². The van der Waals surface area contributed by atoms with Gasteiger partial charge in [-0.05, 0) is 55.9 Å². The molecule has 6 heteroatoms. The Balaban J connectivity index is 0.00000198. The van der Waals surface area contributed by atoms with E-state index in [2.05, 4.69) is 96.5 Å². The van der Waals surface area contributed by atoms with Crippen molar-refractivity contribution in [2.45, 2.75) is 85.9 Å². The summed E-state index contributed by atoms with van der Waals surface area (Å²) < 4.78 is 1.19. The van der Waals surface area contributed by atoms with E-state index in [0.29, 0.717) is 11.8 Å². The van der Waals surface area contributed by atoms with Crippen LogP contribution in [0, 0.1) is 31.1 Å². The van der Waals surface area contributed by atoms with Crippen molar-refractivity contribution >= 4 is 46.9 Å². The molecule has 1 aliphatic rings. The molecule has 4 unspecified atom stereocenters. The second kappa shape index (κ2) is 13.2. The zero-order valence-corrected chi connectivity index (χ0v) is 27.3. The molecule has 0 radical (unpaired) electrons. The van der Waals surface area contributed by atoms with Crippen molar-refractivity contribution in [1.29, 1.82) is 0 Å². The first kappa shape index (κ1) is 31.2. The number of benzene rings is 1. The van der Waals surface area contributed by atoms with Crippen LogP contribution in [0.4, 0.5) is 5.69 Å². The fourth-order valence-electron chi connectivity index (χ4n) is 5.39. The zero-order chi connectivity index (χ0) is 22.7. The number of hydrogen-bond donors (Lipinski definition) is 0. The van der Waals surface area contributed by atoms with Crippen LogP contribution in [-0.4, -0.2) is 8.24 Å². The molecule has 0 amide bonds. The van der Waals surface area contributed by atoms with Crippen LogP contribution in [0.15, 0.2) is 16.6 Å². The normalized spacial score (nSPS) is 26.0. The van der Waals surface area contributed by atoms with Gasteiger partial charge in [-0.2, -0.15) is 0 Å². The molecule has 1 aromatic carbocycles. The predicted molar refractivity (Wildman–Crippen MR) is 141 cm³/mol. The Labute approximate surface area is 215 Å². The van der Waals surface area contributed by atoms with Crippen molar-refractivity contribution in [3.8, 4) is 0 Å². The summed E-state index contributed by atoms with van der Waals surface area (Å²) in [6.07, 6.45) is 0. The first-order valence-corrected chi connectivity index (χ1v) is 21.0. The maximum atomic E-state index is 5.64. The topological polar surface area (TPSA) is 14.1 Å². The fraction of sp³-hybridized carbons (Fsp3) is 0.708. The molecule has 2 rings (SSSR count). The van der Waals surface area contributed by atoms with E-state index >= 15 is 0 Å². The summed E-state index contributed by atoms with van der Waals surface area (Å²) in [6.45, 7) is 24.1. The summed E-state index contributed by atoms with van der Waals surface area (Å²) in [5.41, 5.74) is 4.88. The van der Waals surface area contributed by atoms with Gasteiger partial charge < -0.3 is 12.4 Å². The molecule has 172 valence electrons. The minimum atomic E-state index is -1.78. The van der Waals surface area contributed by atoms with Gasteiger partial charge in [-0.3, -0.25) is 0 Å².